The number of aliphatic carboxylic acids is 1. The summed E-state index contributed by atoms with van der Waals surface area (Å²) in [5.74, 6) is -1.71. The zero-order chi connectivity index (χ0) is 16.3. The van der Waals surface area contributed by atoms with Crippen LogP contribution in [-0.2, 0) is 26.0 Å². The summed E-state index contributed by atoms with van der Waals surface area (Å²) in [5, 5.41) is 11.6. The molecular weight excluding hydrogens is 328 g/mol. The second-order valence-corrected chi connectivity index (χ2v) is 8.47. The molecule has 0 radical (unpaired) electrons. The number of rotatable bonds is 6. The van der Waals surface area contributed by atoms with Crippen LogP contribution < -0.4 is 5.32 Å². The van der Waals surface area contributed by atoms with Crippen molar-refractivity contribution in [3.8, 4) is 0 Å². The summed E-state index contributed by atoms with van der Waals surface area (Å²) in [7, 11) is -3.62. The highest BCUT2D eigenvalue weighted by Gasteiger charge is 2.36. The van der Waals surface area contributed by atoms with Gasteiger partial charge in [0.15, 0.2) is 0 Å². The Kier molecular flexibility index (Phi) is 5.20. The van der Waals surface area contributed by atoms with Crippen molar-refractivity contribution >= 4 is 33.2 Å². The normalized spacial score (nSPS) is 19.2. The summed E-state index contributed by atoms with van der Waals surface area (Å²) >= 11 is 1.16. The van der Waals surface area contributed by atoms with Crippen molar-refractivity contribution in [1.82, 2.24) is 9.62 Å². The summed E-state index contributed by atoms with van der Waals surface area (Å²) in [6, 6.07) is 3.27. The number of carboxylic acid groups (broad SMARTS) is 1. The van der Waals surface area contributed by atoms with E-state index in [4.69, 9.17) is 5.11 Å². The number of nitrogens with zero attached hydrogens (tertiary/aromatic N) is 1. The molecule has 0 aliphatic carbocycles. The lowest BCUT2D eigenvalue weighted by Crippen LogP contribution is -2.29. The van der Waals surface area contributed by atoms with Crippen molar-refractivity contribution in [1.29, 1.82) is 0 Å². The first-order valence-corrected chi connectivity index (χ1v) is 9.12. The Bertz CT molecular complexity index is 668. The van der Waals surface area contributed by atoms with Crippen molar-refractivity contribution in [3.63, 3.8) is 0 Å². The third-order valence-electron chi connectivity index (χ3n) is 3.48. The molecule has 1 atom stereocenters. The van der Waals surface area contributed by atoms with E-state index in [0.29, 0.717) is 19.4 Å². The zero-order valence-electron chi connectivity index (χ0n) is 12.1. The largest absolute Gasteiger partial charge is 0.481 e. The second kappa shape index (κ2) is 6.76. The Morgan fingerprint density at radius 2 is 2.18 bits per heavy atom. The summed E-state index contributed by atoms with van der Waals surface area (Å²) in [4.78, 5) is 22.6. The van der Waals surface area contributed by atoms with Crippen LogP contribution in [0.15, 0.2) is 16.3 Å². The van der Waals surface area contributed by atoms with Crippen LogP contribution in [-0.4, -0.2) is 49.3 Å². The first-order valence-electron chi connectivity index (χ1n) is 6.87. The highest BCUT2D eigenvalue weighted by Crippen LogP contribution is 2.29. The van der Waals surface area contributed by atoms with Crippen LogP contribution in [0.3, 0.4) is 0 Å². The number of hydrogen-bond donors (Lipinski definition) is 2. The van der Waals surface area contributed by atoms with Crippen LogP contribution in [0, 0.1) is 5.92 Å². The molecule has 1 aromatic rings. The molecule has 1 fully saturated rings. The van der Waals surface area contributed by atoms with E-state index in [9.17, 15) is 18.0 Å². The van der Waals surface area contributed by atoms with E-state index in [-0.39, 0.29) is 23.2 Å². The van der Waals surface area contributed by atoms with Crippen molar-refractivity contribution in [3.05, 3.63) is 17.0 Å². The fraction of sp³-hybridized carbons (Fsp3) is 0.538. The van der Waals surface area contributed by atoms with Gasteiger partial charge in [-0.3, -0.25) is 9.59 Å². The van der Waals surface area contributed by atoms with Gasteiger partial charge in [0.25, 0.3) is 10.0 Å². The molecule has 22 heavy (non-hydrogen) atoms. The molecule has 9 heteroatoms. The van der Waals surface area contributed by atoms with Crippen LogP contribution in [0.25, 0.3) is 0 Å². The number of carboxylic acids is 1. The van der Waals surface area contributed by atoms with Gasteiger partial charge in [0, 0.05) is 31.4 Å². The maximum Gasteiger partial charge on any atom is 0.307 e. The predicted molar refractivity (Wildman–Crippen MR) is 81.2 cm³/mol. The average Bonchev–Trinajstić information content (AvgIpc) is 3.07. The van der Waals surface area contributed by atoms with Crippen LogP contribution in [0.4, 0.5) is 0 Å². The summed E-state index contributed by atoms with van der Waals surface area (Å²) in [5.41, 5.74) is 0. The van der Waals surface area contributed by atoms with E-state index in [1.165, 1.54) is 17.3 Å². The molecule has 2 rings (SSSR count). The lowest BCUT2D eigenvalue weighted by Gasteiger charge is -2.14. The van der Waals surface area contributed by atoms with Gasteiger partial charge in [0.05, 0.1) is 5.92 Å². The first kappa shape index (κ1) is 16.9. The van der Waals surface area contributed by atoms with E-state index in [1.807, 2.05) is 0 Å². The third-order valence-corrected chi connectivity index (χ3v) is 6.95. The Morgan fingerprint density at radius 1 is 1.45 bits per heavy atom. The molecule has 0 bridgehead atoms. The molecular formula is C13H18N2O5S2. The van der Waals surface area contributed by atoms with Crippen molar-refractivity contribution in [2.75, 3.05) is 19.6 Å². The van der Waals surface area contributed by atoms with Gasteiger partial charge in [-0.15, -0.1) is 11.3 Å². The van der Waals surface area contributed by atoms with Crippen LogP contribution in [0.1, 0.15) is 18.2 Å². The fourth-order valence-corrected chi connectivity index (χ4v) is 5.28. The van der Waals surface area contributed by atoms with Gasteiger partial charge in [0.2, 0.25) is 5.91 Å². The molecule has 1 saturated heterocycles. The summed E-state index contributed by atoms with van der Waals surface area (Å²) in [6.07, 6.45) is 0.910. The highest BCUT2D eigenvalue weighted by molar-refractivity contribution is 7.91. The Balaban J connectivity index is 2.03. The van der Waals surface area contributed by atoms with Crippen molar-refractivity contribution in [2.45, 2.75) is 24.0 Å². The molecule has 0 aromatic carbocycles. The quantitative estimate of drug-likeness (QED) is 0.782. The number of carbonyl (C=O) groups excluding carboxylic acids is 1. The standard InChI is InChI=1S/C13H18N2O5S2/c1-9(16)14-6-4-11-2-3-12(21-11)22(19,20)15-7-5-10(8-15)13(17)18/h2-3,10H,4-8H2,1H3,(H,14,16)(H,17,18). The Morgan fingerprint density at radius 3 is 2.77 bits per heavy atom. The average molecular weight is 346 g/mol. The van der Waals surface area contributed by atoms with E-state index < -0.39 is 21.9 Å². The van der Waals surface area contributed by atoms with Gasteiger partial charge in [-0.05, 0) is 25.0 Å². The van der Waals surface area contributed by atoms with Gasteiger partial charge in [-0.1, -0.05) is 0 Å². The highest BCUT2D eigenvalue weighted by atomic mass is 32.2. The van der Waals surface area contributed by atoms with Crippen LogP contribution >= 0.6 is 11.3 Å². The monoisotopic (exact) mass is 346 g/mol. The molecule has 0 saturated carbocycles. The molecule has 1 aromatic heterocycles. The number of sulfonamides is 1. The SMILES string of the molecule is CC(=O)NCCc1ccc(S(=O)(=O)N2CCC(C(=O)O)C2)s1. The fourth-order valence-electron chi connectivity index (χ4n) is 2.27. The topological polar surface area (TPSA) is 104 Å². The van der Waals surface area contributed by atoms with E-state index >= 15 is 0 Å². The molecule has 7 nitrogen and oxygen atoms in total. The minimum absolute atomic E-state index is 0.0246. The molecule has 2 heterocycles. The van der Waals surface area contributed by atoms with Crippen LogP contribution in [0.5, 0.6) is 0 Å². The number of nitrogens with one attached hydrogen (secondary N) is 1. The Labute approximate surface area is 133 Å². The van der Waals surface area contributed by atoms with Crippen LogP contribution in [0.2, 0.25) is 0 Å². The maximum absolute atomic E-state index is 12.5. The summed E-state index contributed by atoms with van der Waals surface area (Å²) in [6.45, 7) is 2.14. The molecule has 2 N–H and O–H groups in total. The number of amides is 1. The third kappa shape index (κ3) is 3.84. The molecule has 0 spiro atoms. The zero-order valence-corrected chi connectivity index (χ0v) is 13.7. The van der Waals surface area contributed by atoms with Gasteiger partial charge in [0.1, 0.15) is 4.21 Å². The Hall–Kier alpha value is -1.45. The second-order valence-electron chi connectivity index (χ2n) is 5.14. The predicted octanol–water partition coefficient (Wildman–Crippen LogP) is 0.522. The number of thiophene rings is 1. The summed E-state index contributed by atoms with van der Waals surface area (Å²) < 4.78 is 26.4. The lowest BCUT2D eigenvalue weighted by molar-refractivity contribution is -0.141. The molecule has 1 aliphatic heterocycles. The molecule has 1 amide bonds. The van der Waals surface area contributed by atoms with Gasteiger partial charge in [-0.2, -0.15) is 4.31 Å². The smallest absolute Gasteiger partial charge is 0.307 e. The van der Waals surface area contributed by atoms with E-state index in [2.05, 4.69) is 5.32 Å². The van der Waals surface area contributed by atoms with Crippen molar-refractivity contribution < 1.29 is 23.1 Å². The molecule has 1 aliphatic rings. The lowest BCUT2D eigenvalue weighted by atomic mass is 10.1. The first-order chi connectivity index (χ1) is 10.3. The maximum atomic E-state index is 12.5. The number of hydrogen-bond acceptors (Lipinski definition) is 5. The van der Waals surface area contributed by atoms with Gasteiger partial charge < -0.3 is 10.4 Å². The van der Waals surface area contributed by atoms with Gasteiger partial charge >= 0.3 is 5.97 Å². The number of carbonyl (C=O) groups is 2. The minimum Gasteiger partial charge on any atom is -0.481 e. The van der Waals surface area contributed by atoms with E-state index in [0.717, 1.165) is 16.2 Å². The van der Waals surface area contributed by atoms with Crippen molar-refractivity contribution in [2.24, 2.45) is 5.92 Å². The molecule has 1 unspecified atom stereocenters. The van der Waals surface area contributed by atoms with Gasteiger partial charge in [-0.25, -0.2) is 8.42 Å². The minimum atomic E-state index is -3.62. The molecule has 122 valence electrons. The van der Waals surface area contributed by atoms with E-state index in [1.54, 1.807) is 6.07 Å².